The van der Waals surface area contributed by atoms with Gasteiger partial charge >= 0.3 is 0 Å². The summed E-state index contributed by atoms with van der Waals surface area (Å²) in [6.45, 7) is 0.591. The minimum Gasteiger partial charge on any atom is -0.354 e. The molecule has 0 unspecified atom stereocenters. The lowest BCUT2D eigenvalue weighted by atomic mass is 9.92. The van der Waals surface area contributed by atoms with Crippen molar-refractivity contribution >= 4 is 39.3 Å². The number of carbonyl (C=O) groups is 1. The molecule has 1 aliphatic heterocycles. The third-order valence-electron chi connectivity index (χ3n) is 5.52. The third-order valence-corrected chi connectivity index (χ3v) is 5.75. The molecule has 2 aliphatic rings. The molecule has 1 aromatic heterocycles. The maximum atomic E-state index is 12.6. The van der Waals surface area contributed by atoms with E-state index < -0.39 is 0 Å². The highest BCUT2D eigenvalue weighted by atomic mass is 35.5. The van der Waals surface area contributed by atoms with E-state index in [1.807, 2.05) is 24.3 Å². The first-order valence-electron chi connectivity index (χ1n) is 8.37. The van der Waals surface area contributed by atoms with Crippen LogP contribution in [0.15, 0.2) is 42.5 Å². The van der Waals surface area contributed by atoms with Gasteiger partial charge in [-0.25, -0.2) is 0 Å². The van der Waals surface area contributed by atoms with E-state index in [1.54, 1.807) is 0 Å². The van der Waals surface area contributed by atoms with Gasteiger partial charge < -0.3 is 10.3 Å². The molecule has 0 atom stereocenters. The molecule has 0 bridgehead atoms. The van der Waals surface area contributed by atoms with E-state index in [2.05, 4.69) is 28.5 Å². The van der Waals surface area contributed by atoms with E-state index in [0.717, 1.165) is 44.4 Å². The Balaban J connectivity index is 1.85. The number of halogens is 1. The van der Waals surface area contributed by atoms with Crippen LogP contribution >= 0.6 is 11.6 Å². The monoisotopic (exact) mass is 344 g/mol. The SMILES string of the molecule is O=C1NCc2c3c(c4[nH]c5ccccc5c4c21)Cc1cc(Cl)ccc1-3. The molecule has 0 spiro atoms. The molecule has 3 nitrogen and oxygen atoms in total. The Bertz CT molecular complexity index is 1250. The Morgan fingerprint density at radius 2 is 1.88 bits per heavy atom. The molecule has 0 radical (unpaired) electrons. The summed E-state index contributed by atoms with van der Waals surface area (Å²) in [5.41, 5.74) is 9.02. The number of para-hydroxylation sites is 1. The summed E-state index contributed by atoms with van der Waals surface area (Å²) < 4.78 is 0. The fourth-order valence-corrected chi connectivity index (χ4v) is 4.73. The number of benzene rings is 3. The van der Waals surface area contributed by atoms with Gasteiger partial charge in [0.1, 0.15) is 0 Å². The fourth-order valence-electron chi connectivity index (χ4n) is 4.54. The van der Waals surface area contributed by atoms with Gasteiger partial charge in [-0.3, -0.25) is 4.79 Å². The number of fused-ring (bicyclic) bond motifs is 10. The van der Waals surface area contributed by atoms with Crippen molar-refractivity contribution in [3.8, 4) is 11.1 Å². The molecule has 6 rings (SSSR count). The smallest absolute Gasteiger partial charge is 0.252 e. The highest BCUT2D eigenvalue weighted by Crippen LogP contribution is 2.47. The van der Waals surface area contributed by atoms with E-state index in [-0.39, 0.29) is 5.91 Å². The molecule has 3 aromatic carbocycles. The average molecular weight is 345 g/mol. The Kier molecular flexibility index (Phi) is 2.40. The van der Waals surface area contributed by atoms with Gasteiger partial charge in [0.05, 0.1) is 11.1 Å². The van der Waals surface area contributed by atoms with Crippen LogP contribution in [0.2, 0.25) is 5.02 Å². The lowest BCUT2D eigenvalue weighted by Crippen LogP contribution is -2.12. The summed E-state index contributed by atoms with van der Waals surface area (Å²) in [7, 11) is 0. The van der Waals surface area contributed by atoms with Crippen molar-refractivity contribution in [2.75, 3.05) is 0 Å². The molecule has 2 N–H and O–H groups in total. The van der Waals surface area contributed by atoms with E-state index in [1.165, 1.54) is 22.3 Å². The summed E-state index contributed by atoms with van der Waals surface area (Å²) in [6.07, 6.45) is 0.843. The summed E-state index contributed by atoms with van der Waals surface area (Å²) in [5, 5.41) is 5.95. The van der Waals surface area contributed by atoms with Gasteiger partial charge in [0.2, 0.25) is 0 Å². The van der Waals surface area contributed by atoms with E-state index >= 15 is 0 Å². The molecule has 4 heteroatoms. The zero-order valence-corrected chi connectivity index (χ0v) is 14.0. The molecule has 120 valence electrons. The first kappa shape index (κ1) is 13.5. The number of nitrogens with one attached hydrogen (secondary N) is 2. The standard InChI is InChI=1S/C21H13ClN2O/c22-11-5-6-12-10(7-11)8-14-17(12)15-9-23-21(25)19(15)18-13-3-1-2-4-16(13)24-20(14)18/h1-7,24H,8-9H2,(H,23,25). The van der Waals surface area contributed by atoms with Gasteiger partial charge in [0.25, 0.3) is 5.91 Å². The molecule has 0 saturated carbocycles. The quantitative estimate of drug-likeness (QED) is 0.417. The fraction of sp³-hybridized carbons (Fsp3) is 0.0952. The Morgan fingerprint density at radius 1 is 1.00 bits per heavy atom. The van der Waals surface area contributed by atoms with E-state index in [4.69, 9.17) is 11.6 Å². The van der Waals surface area contributed by atoms with Gasteiger partial charge in [0, 0.05) is 34.3 Å². The van der Waals surface area contributed by atoms with Crippen molar-refractivity contribution < 1.29 is 4.79 Å². The van der Waals surface area contributed by atoms with Crippen LogP contribution in [0.1, 0.15) is 27.0 Å². The van der Waals surface area contributed by atoms with Crippen LogP contribution in [0, 0.1) is 0 Å². The maximum Gasteiger partial charge on any atom is 0.252 e. The highest BCUT2D eigenvalue weighted by molar-refractivity contribution is 6.31. The number of hydrogen-bond donors (Lipinski definition) is 2. The molecule has 0 saturated heterocycles. The number of hydrogen-bond acceptors (Lipinski definition) is 1. The highest BCUT2D eigenvalue weighted by Gasteiger charge is 2.33. The van der Waals surface area contributed by atoms with Crippen molar-refractivity contribution in [1.29, 1.82) is 0 Å². The lowest BCUT2D eigenvalue weighted by Gasteiger charge is -2.10. The molecule has 1 amide bonds. The first-order valence-corrected chi connectivity index (χ1v) is 8.75. The van der Waals surface area contributed by atoms with Crippen LogP contribution in [0.3, 0.4) is 0 Å². The number of rotatable bonds is 0. The van der Waals surface area contributed by atoms with E-state index in [9.17, 15) is 4.79 Å². The number of H-pyrrole nitrogens is 1. The second kappa shape index (κ2) is 4.44. The normalized spacial score (nSPS) is 14.7. The largest absolute Gasteiger partial charge is 0.354 e. The molecule has 4 aromatic rings. The van der Waals surface area contributed by atoms with Crippen LogP contribution in [-0.2, 0) is 13.0 Å². The van der Waals surface area contributed by atoms with E-state index in [0.29, 0.717) is 6.54 Å². The topological polar surface area (TPSA) is 44.9 Å². The Morgan fingerprint density at radius 3 is 2.80 bits per heavy atom. The van der Waals surface area contributed by atoms with Crippen molar-refractivity contribution in [2.24, 2.45) is 0 Å². The number of aromatic nitrogens is 1. The van der Waals surface area contributed by atoms with Crippen molar-refractivity contribution in [3.63, 3.8) is 0 Å². The van der Waals surface area contributed by atoms with Crippen LogP contribution in [0.25, 0.3) is 32.9 Å². The number of aromatic amines is 1. The second-order valence-electron chi connectivity index (χ2n) is 6.79. The zero-order chi connectivity index (χ0) is 16.7. The van der Waals surface area contributed by atoms with Gasteiger partial charge in [-0.1, -0.05) is 35.9 Å². The molecule has 2 heterocycles. The first-order chi connectivity index (χ1) is 12.2. The Hall–Kier alpha value is -2.78. The van der Waals surface area contributed by atoms with Crippen molar-refractivity contribution in [2.45, 2.75) is 13.0 Å². The zero-order valence-electron chi connectivity index (χ0n) is 13.2. The minimum atomic E-state index is 0.0231. The number of carbonyl (C=O) groups excluding carboxylic acids is 1. The molecule has 0 fully saturated rings. The summed E-state index contributed by atoms with van der Waals surface area (Å²) in [6, 6.07) is 14.3. The lowest BCUT2D eigenvalue weighted by molar-refractivity contribution is 0.0967. The predicted molar refractivity (Wildman–Crippen MR) is 100 cm³/mol. The molecular formula is C21H13ClN2O. The summed E-state index contributed by atoms with van der Waals surface area (Å²) in [5.74, 6) is 0.0231. The van der Waals surface area contributed by atoms with Gasteiger partial charge in [-0.05, 0) is 46.0 Å². The summed E-state index contributed by atoms with van der Waals surface area (Å²) >= 11 is 6.21. The van der Waals surface area contributed by atoms with Crippen molar-refractivity contribution in [1.82, 2.24) is 10.3 Å². The van der Waals surface area contributed by atoms with Gasteiger partial charge in [-0.2, -0.15) is 0 Å². The van der Waals surface area contributed by atoms with Crippen LogP contribution in [-0.4, -0.2) is 10.9 Å². The molecular weight excluding hydrogens is 332 g/mol. The van der Waals surface area contributed by atoms with Crippen LogP contribution in [0.4, 0.5) is 0 Å². The maximum absolute atomic E-state index is 12.6. The second-order valence-corrected chi connectivity index (χ2v) is 7.23. The summed E-state index contributed by atoms with van der Waals surface area (Å²) in [4.78, 5) is 16.2. The minimum absolute atomic E-state index is 0.0231. The van der Waals surface area contributed by atoms with Crippen LogP contribution < -0.4 is 5.32 Å². The average Bonchev–Trinajstić information content (AvgIpc) is 3.27. The molecule has 25 heavy (non-hydrogen) atoms. The third kappa shape index (κ3) is 1.59. The Labute approximate surface area is 148 Å². The number of amides is 1. The predicted octanol–water partition coefficient (Wildman–Crippen LogP) is 4.79. The van der Waals surface area contributed by atoms with Crippen LogP contribution in [0.5, 0.6) is 0 Å². The van der Waals surface area contributed by atoms with Crippen molar-refractivity contribution in [3.05, 3.63) is 69.7 Å². The van der Waals surface area contributed by atoms with Gasteiger partial charge in [0.15, 0.2) is 0 Å². The molecule has 1 aliphatic carbocycles. The van der Waals surface area contributed by atoms with Gasteiger partial charge in [-0.15, -0.1) is 0 Å².